The Morgan fingerprint density at radius 2 is 1.97 bits per heavy atom. The lowest BCUT2D eigenvalue weighted by molar-refractivity contribution is -0.143. The third-order valence-electron chi connectivity index (χ3n) is 7.47. The van der Waals surface area contributed by atoms with Crippen molar-refractivity contribution in [3.63, 3.8) is 0 Å². The minimum Gasteiger partial charge on any atom is -0.491 e. The van der Waals surface area contributed by atoms with Crippen molar-refractivity contribution in [2.24, 2.45) is 0 Å². The summed E-state index contributed by atoms with van der Waals surface area (Å²) in [6, 6.07) is 17.8. The number of hydrogen-bond donors (Lipinski definition) is 0. The van der Waals surface area contributed by atoms with Crippen molar-refractivity contribution in [2.45, 2.75) is 51.7 Å². The maximum absolute atomic E-state index is 13.8. The molecule has 6 nitrogen and oxygen atoms in total. The molecule has 2 aromatic carbocycles. The Labute approximate surface area is 229 Å². The second-order valence-corrected chi connectivity index (χ2v) is 11.3. The van der Waals surface area contributed by atoms with Crippen LogP contribution < -0.4 is 4.74 Å². The van der Waals surface area contributed by atoms with Crippen molar-refractivity contribution >= 4 is 23.2 Å². The molecule has 3 heterocycles. The summed E-state index contributed by atoms with van der Waals surface area (Å²) in [7, 11) is 0. The average Bonchev–Trinajstić information content (AvgIpc) is 3.60. The van der Waals surface area contributed by atoms with E-state index in [0.717, 1.165) is 41.7 Å². The number of amides is 2. The molecule has 5 rings (SSSR count). The van der Waals surface area contributed by atoms with Gasteiger partial charge in [0.1, 0.15) is 12.4 Å². The zero-order valence-corrected chi connectivity index (χ0v) is 23.0. The van der Waals surface area contributed by atoms with Crippen molar-refractivity contribution in [3.05, 3.63) is 87.1 Å². The lowest BCUT2D eigenvalue weighted by Crippen LogP contribution is -2.49. The number of fused-ring (bicyclic) bond motifs is 1. The number of carbonyl (C=O) groups is 2. The maximum Gasteiger partial charge on any atom is 0.242 e. The molecule has 0 N–H and O–H groups in total. The Morgan fingerprint density at radius 1 is 1.13 bits per heavy atom. The average molecular weight is 533 g/mol. The Morgan fingerprint density at radius 3 is 2.74 bits per heavy atom. The molecule has 2 amide bonds. The number of nitrogens with zero attached hydrogens (tertiary/aromatic N) is 2. The Balaban J connectivity index is 1.33. The van der Waals surface area contributed by atoms with Crippen LogP contribution in [0.15, 0.2) is 60.0 Å². The minimum atomic E-state index is -0.188. The smallest absolute Gasteiger partial charge is 0.242 e. The number of thiophene rings is 1. The van der Waals surface area contributed by atoms with Crippen molar-refractivity contribution in [1.29, 1.82) is 0 Å². The number of hydrogen-bond acceptors (Lipinski definition) is 5. The molecular weight excluding hydrogens is 496 g/mol. The molecule has 0 spiro atoms. The van der Waals surface area contributed by atoms with E-state index in [9.17, 15) is 9.59 Å². The van der Waals surface area contributed by atoms with Crippen LogP contribution in [0.3, 0.4) is 0 Å². The molecule has 7 heteroatoms. The van der Waals surface area contributed by atoms with Gasteiger partial charge in [-0.05, 0) is 67.3 Å². The fraction of sp³-hybridized carbons (Fsp3) is 0.419. The van der Waals surface area contributed by atoms with Crippen LogP contribution in [0.1, 0.15) is 46.0 Å². The molecule has 0 radical (unpaired) electrons. The summed E-state index contributed by atoms with van der Waals surface area (Å²) < 4.78 is 12.1. The van der Waals surface area contributed by atoms with E-state index in [0.29, 0.717) is 26.3 Å². The van der Waals surface area contributed by atoms with Crippen LogP contribution in [0.2, 0.25) is 0 Å². The molecule has 1 aromatic heterocycles. The van der Waals surface area contributed by atoms with Gasteiger partial charge in [-0.3, -0.25) is 9.59 Å². The van der Waals surface area contributed by atoms with Crippen LogP contribution >= 0.6 is 11.3 Å². The first kappa shape index (κ1) is 26.4. The molecule has 2 aliphatic heterocycles. The summed E-state index contributed by atoms with van der Waals surface area (Å²) in [6.07, 6.45) is 2.98. The van der Waals surface area contributed by atoms with Crippen LogP contribution in [0.4, 0.5) is 0 Å². The predicted octanol–water partition coefficient (Wildman–Crippen LogP) is 5.12. The zero-order valence-electron chi connectivity index (χ0n) is 22.2. The van der Waals surface area contributed by atoms with E-state index in [1.54, 1.807) is 16.2 Å². The molecule has 0 aliphatic carbocycles. The van der Waals surface area contributed by atoms with Crippen molar-refractivity contribution in [2.75, 3.05) is 32.8 Å². The van der Waals surface area contributed by atoms with Crippen LogP contribution in [0.5, 0.6) is 5.75 Å². The highest BCUT2D eigenvalue weighted by molar-refractivity contribution is 7.10. The Bertz CT molecular complexity index is 1250. The quantitative estimate of drug-likeness (QED) is 0.384. The van der Waals surface area contributed by atoms with Gasteiger partial charge in [0.25, 0.3) is 0 Å². The summed E-state index contributed by atoms with van der Waals surface area (Å²) in [6.45, 7) is 6.31. The van der Waals surface area contributed by atoms with Gasteiger partial charge in [-0.25, -0.2) is 0 Å². The predicted molar refractivity (Wildman–Crippen MR) is 150 cm³/mol. The second kappa shape index (κ2) is 12.1. The van der Waals surface area contributed by atoms with Gasteiger partial charge < -0.3 is 19.3 Å². The van der Waals surface area contributed by atoms with Gasteiger partial charge in [-0.1, -0.05) is 48.0 Å². The number of benzene rings is 2. The van der Waals surface area contributed by atoms with E-state index < -0.39 is 0 Å². The molecule has 2 unspecified atom stereocenters. The van der Waals surface area contributed by atoms with Gasteiger partial charge >= 0.3 is 0 Å². The van der Waals surface area contributed by atoms with Crippen molar-refractivity contribution in [3.8, 4) is 5.75 Å². The molecule has 2 aliphatic rings. The number of rotatable bonds is 9. The molecule has 0 saturated carbocycles. The molecule has 200 valence electrons. The molecular formula is C31H36N2O4S. The largest absolute Gasteiger partial charge is 0.491 e. The maximum atomic E-state index is 13.8. The fourth-order valence-corrected chi connectivity index (χ4v) is 6.36. The number of ether oxygens (including phenoxy) is 2. The van der Waals surface area contributed by atoms with Gasteiger partial charge in [-0.15, -0.1) is 11.3 Å². The number of carbonyl (C=O) groups excluding carboxylic acids is 2. The summed E-state index contributed by atoms with van der Waals surface area (Å²) in [5.41, 5.74) is 4.37. The third kappa shape index (κ3) is 6.27. The van der Waals surface area contributed by atoms with Gasteiger partial charge in [0, 0.05) is 24.6 Å². The highest BCUT2D eigenvalue weighted by atomic mass is 32.1. The lowest BCUT2D eigenvalue weighted by atomic mass is 10.00. The first-order valence-corrected chi connectivity index (χ1v) is 14.3. The summed E-state index contributed by atoms with van der Waals surface area (Å²) in [4.78, 5) is 32.2. The monoisotopic (exact) mass is 532 g/mol. The lowest BCUT2D eigenvalue weighted by Gasteiger charge is -2.37. The van der Waals surface area contributed by atoms with Gasteiger partial charge in [0.15, 0.2) is 0 Å². The van der Waals surface area contributed by atoms with E-state index in [1.165, 1.54) is 10.4 Å². The van der Waals surface area contributed by atoms with Gasteiger partial charge in [0.05, 0.1) is 25.1 Å². The normalized spacial score (nSPS) is 18.7. The summed E-state index contributed by atoms with van der Waals surface area (Å²) in [5, 5.41) is 2.09. The van der Waals surface area contributed by atoms with Crippen molar-refractivity contribution < 1.29 is 19.1 Å². The second-order valence-electron chi connectivity index (χ2n) is 10.3. The summed E-state index contributed by atoms with van der Waals surface area (Å²) in [5.74, 6) is 0.746. The minimum absolute atomic E-state index is 0.0176. The molecule has 1 saturated heterocycles. The highest BCUT2D eigenvalue weighted by Crippen LogP contribution is 2.34. The summed E-state index contributed by atoms with van der Waals surface area (Å²) >= 11 is 1.74. The van der Waals surface area contributed by atoms with Crippen LogP contribution in [0.25, 0.3) is 0 Å². The van der Waals surface area contributed by atoms with Crippen LogP contribution in [0, 0.1) is 13.8 Å². The van der Waals surface area contributed by atoms with E-state index in [-0.39, 0.29) is 36.9 Å². The molecule has 38 heavy (non-hydrogen) atoms. The van der Waals surface area contributed by atoms with Gasteiger partial charge in [-0.2, -0.15) is 0 Å². The van der Waals surface area contributed by atoms with E-state index >= 15 is 0 Å². The fourth-order valence-electron chi connectivity index (χ4n) is 5.43. The topological polar surface area (TPSA) is 59.1 Å². The zero-order chi connectivity index (χ0) is 26.5. The Kier molecular flexibility index (Phi) is 8.45. The SMILES string of the molecule is Cc1ccc(OCC2c3ccsc3CCN2C(=O)CN(CC2CCCO2)C(=O)Cc2ccccc2)c(C)c1. The van der Waals surface area contributed by atoms with Crippen LogP contribution in [-0.2, 0) is 27.2 Å². The highest BCUT2D eigenvalue weighted by Gasteiger charge is 2.34. The molecule has 3 aromatic rings. The van der Waals surface area contributed by atoms with Crippen molar-refractivity contribution in [1.82, 2.24) is 9.80 Å². The Hall–Kier alpha value is -3.16. The number of aryl methyl sites for hydroxylation is 2. The third-order valence-corrected chi connectivity index (χ3v) is 8.46. The van der Waals surface area contributed by atoms with E-state index in [4.69, 9.17) is 9.47 Å². The first-order chi connectivity index (χ1) is 18.5. The van der Waals surface area contributed by atoms with Crippen LogP contribution in [-0.4, -0.2) is 60.6 Å². The molecule has 0 bridgehead atoms. The molecule has 2 atom stereocenters. The standard InChI is InChI=1S/C31H36N2O4S/c1-22-10-11-28(23(2)17-22)37-21-27-26-13-16-38-29(26)12-14-33(27)31(35)20-32(19-25-9-6-15-36-25)30(34)18-24-7-4-3-5-8-24/h3-5,7-8,10-11,13,16-17,25,27H,6,9,12,14-15,18-21H2,1-2H3. The van der Waals surface area contributed by atoms with E-state index in [2.05, 4.69) is 24.4 Å². The first-order valence-electron chi connectivity index (χ1n) is 13.5. The van der Waals surface area contributed by atoms with E-state index in [1.807, 2.05) is 54.3 Å². The molecule has 1 fully saturated rings. The van der Waals surface area contributed by atoms with Gasteiger partial charge in [0.2, 0.25) is 11.8 Å².